The predicted octanol–water partition coefficient (Wildman–Crippen LogP) is 1.91. The van der Waals surface area contributed by atoms with Gasteiger partial charge in [-0.25, -0.2) is 0 Å². The van der Waals surface area contributed by atoms with Crippen LogP contribution in [0.15, 0.2) is 18.2 Å². The maximum atomic E-state index is 11.9. The summed E-state index contributed by atoms with van der Waals surface area (Å²) in [6, 6.07) is 5.81. The summed E-state index contributed by atoms with van der Waals surface area (Å²) in [5, 5.41) is 2.38. The van der Waals surface area contributed by atoms with Crippen molar-refractivity contribution >= 4 is 11.8 Å². The molecule has 18 heavy (non-hydrogen) atoms. The summed E-state index contributed by atoms with van der Waals surface area (Å²) in [7, 11) is 0. The molecule has 1 fully saturated rings. The fourth-order valence-corrected chi connectivity index (χ4v) is 2.22. The molecule has 2 amide bonds. The van der Waals surface area contributed by atoms with E-state index in [9.17, 15) is 9.59 Å². The number of carbonyl (C=O) groups excluding carboxylic acids is 2. The second-order valence-electron chi connectivity index (χ2n) is 4.48. The zero-order valence-corrected chi connectivity index (χ0v) is 10.7. The van der Waals surface area contributed by atoms with E-state index < -0.39 is 0 Å². The molecule has 4 heteroatoms. The molecule has 0 spiro atoms. The van der Waals surface area contributed by atoms with Crippen molar-refractivity contribution in [3.05, 3.63) is 29.3 Å². The smallest absolute Gasteiger partial charge is 0.234 e. The maximum Gasteiger partial charge on any atom is 0.234 e. The van der Waals surface area contributed by atoms with Gasteiger partial charge in [0.2, 0.25) is 11.8 Å². The lowest BCUT2D eigenvalue weighted by Crippen LogP contribution is -2.39. The normalized spacial score (nSPS) is 19.6. The molecule has 1 atom stereocenters. The molecule has 4 nitrogen and oxygen atoms in total. The molecule has 1 aliphatic heterocycles. The summed E-state index contributed by atoms with van der Waals surface area (Å²) >= 11 is 0. The molecule has 0 bridgehead atoms. The van der Waals surface area contributed by atoms with Crippen LogP contribution >= 0.6 is 0 Å². The number of hydrogen-bond donors (Lipinski definition) is 1. The van der Waals surface area contributed by atoms with Gasteiger partial charge in [-0.1, -0.05) is 17.7 Å². The van der Waals surface area contributed by atoms with Gasteiger partial charge in [0.1, 0.15) is 5.75 Å². The lowest BCUT2D eigenvalue weighted by molar-refractivity contribution is -0.134. The van der Waals surface area contributed by atoms with Gasteiger partial charge in [0, 0.05) is 12.0 Å². The van der Waals surface area contributed by atoms with Crippen LogP contribution in [0.25, 0.3) is 0 Å². The maximum absolute atomic E-state index is 11.9. The molecule has 1 N–H and O–H groups in total. The number of piperidine rings is 1. The zero-order chi connectivity index (χ0) is 13.1. The third kappa shape index (κ3) is 2.53. The SMILES string of the molecule is CCOc1ccc(C)cc1C1CCC(=O)NC1=O. The second-order valence-corrected chi connectivity index (χ2v) is 4.48. The molecule has 1 heterocycles. The van der Waals surface area contributed by atoms with Crippen LogP contribution in [0, 0.1) is 6.92 Å². The minimum Gasteiger partial charge on any atom is -0.494 e. The lowest BCUT2D eigenvalue weighted by atomic mass is 9.89. The molecule has 1 unspecified atom stereocenters. The first kappa shape index (κ1) is 12.6. The zero-order valence-electron chi connectivity index (χ0n) is 10.7. The second kappa shape index (κ2) is 5.21. The number of rotatable bonds is 3. The van der Waals surface area contributed by atoms with Crippen molar-refractivity contribution in [2.45, 2.75) is 32.6 Å². The van der Waals surface area contributed by atoms with Crippen molar-refractivity contribution < 1.29 is 14.3 Å². The third-order valence-electron chi connectivity index (χ3n) is 3.08. The van der Waals surface area contributed by atoms with Crippen molar-refractivity contribution in [2.75, 3.05) is 6.61 Å². The molecule has 0 aromatic heterocycles. The Morgan fingerprint density at radius 1 is 1.39 bits per heavy atom. The average Bonchev–Trinajstić information content (AvgIpc) is 2.32. The number of amides is 2. The van der Waals surface area contributed by atoms with Crippen LogP contribution in [0.4, 0.5) is 0 Å². The minimum atomic E-state index is -0.288. The van der Waals surface area contributed by atoms with E-state index in [0.717, 1.165) is 16.9 Å². The van der Waals surface area contributed by atoms with E-state index in [0.29, 0.717) is 19.4 Å². The van der Waals surface area contributed by atoms with Gasteiger partial charge in [0.15, 0.2) is 0 Å². The first-order chi connectivity index (χ1) is 8.61. The molecule has 96 valence electrons. The molecule has 1 aromatic rings. The van der Waals surface area contributed by atoms with Gasteiger partial charge >= 0.3 is 0 Å². The Morgan fingerprint density at radius 3 is 2.83 bits per heavy atom. The Morgan fingerprint density at radius 2 is 2.17 bits per heavy atom. The number of imide groups is 1. The summed E-state index contributed by atoms with van der Waals surface area (Å²) in [4.78, 5) is 23.1. The van der Waals surface area contributed by atoms with Crippen molar-refractivity contribution in [2.24, 2.45) is 0 Å². The number of aryl methyl sites for hydroxylation is 1. The van der Waals surface area contributed by atoms with Crippen LogP contribution in [0.5, 0.6) is 5.75 Å². The van der Waals surface area contributed by atoms with Crippen LogP contribution in [0.3, 0.4) is 0 Å². The summed E-state index contributed by atoms with van der Waals surface area (Å²) < 4.78 is 5.56. The number of nitrogens with one attached hydrogen (secondary N) is 1. The van der Waals surface area contributed by atoms with Gasteiger partial charge < -0.3 is 4.74 Å². The fourth-order valence-electron chi connectivity index (χ4n) is 2.22. The van der Waals surface area contributed by atoms with Crippen LogP contribution in [-0.4, -0.2) is 18.4 Å². The molecule has 0 saturated carbocycles. The van der Waals surface area contributed by atoms with Crippen LogP contribution < -0.4 is 10.1 Å². The van der Waals surface area contributed by atoms with E-state index in [1.165, 1.54) is 0 Å². The molecular weight excluding hydrogens is 230 g/mol. The molecule has 0 radical (unpaired) electrons. The highest BCUT2D eigenvalue weighted by molar-refractivity contribution is 6.01. The monoisotopic (exact) mass is 247 g/mol. The van der Waals surface area contributed by atoms with Crippen molar-refractivity contribution in [3.8, 4) is 5.75 Å². The number of benzene rings is 1. The van der Waals surface area contributed by atoms with Crippen LogP contribution in [-0.2, 0) is 9.59 Å². The van der Waals surface area contributed by atoms with E-state index in [-0.39, 0.29) is 17.7 Å². The van der Waals surface area contributed by atoms with Crippen LogP contribution in [0.2, 0.25) is 0 Å². The average molecular weight is 247 g/mol. The number of ether oxygens (including phenoxy) is 1. The molecule has 2 rings (SSSR count). The molecular formula is C14H17NO3. The molecule has 0 aliphatic carbocycles. The van der Waals surface area contributed by atoms with E-state index in [2.05, 4.69) is 5.32 Å². The topological polar surface area (TPSA) is 55.4 Å². The largest absolute Gasteiger partial charge is 0.494 e. The van der Waals surface area contributed by atoms with Gasteiger partial charge in [-0.05, 0) is 26.3 Å². The van der Waals surface area contributed by atoms with Crippen molar-refractivity contribution in [1.82, 2.24) is 5.32 Å². The lowest BCUT2D eigenvalue weighted by Gasteiger charge is -2.23. The quantitative estimate of drug-likeness (QED) is 0.830. The van der Waals surface area contributed by atoms with E-state index >= 15 is 0 Å². The highest BCUT2D eigenvalue weighted by atomic mass is 16.5. The Kier molecular flexibility index (Phi) is 3.65. The van der Waals surface area contributed by atoms with E-state index in [1.54, 1.807) is 0 Å². The predicted molar refractivity (Wildman–Crippen MR) is 67.5 cm³/mol. The third-order valence-corrected chi connectivity index (χ3v) is 3.08. The van der Waals surface area contributed by atoms with Gasteiger partial charge in [-0.15, -0.1) is 0 Å². The van der Waals surface area contributed by atoms with Gasteiger partial charge in [-0.2, -0.15) is 0 Å². The van der Waals surface area contributed by atoms with Gasteiger partial charge in [-0.3, -0.25) is 14.9 Å². The van der Waals surface area contributed by atoms with Crippen LogP contribution in [0.1, 0.15) is 36.8 Å². The number of carbonyl (C=O) groups is 2. The van der Waals surface area contributed by atoms with Gasteiger partial charge in [0.05, 0.1) is 12.5 Å². The van der Waals surface area contributed by atoms with Crippen molar-refractivity contribution in [3.63, 3.8) is 0 Å². The molecule has 1 saturated heterocycles. The standard InChI is InChI=1S/C14H17NO3/c1-3-18-12-6-4-9(2)8-11(12)10-5-7-13(16)15-14(10)17/h4,6,8,10H,3,5,7H2,1-2H3,(H,15,16,17). The van der Waals surface area contributed by atoms with E-state index in [4.69, 9.17) is 4.74 Å². The highest BCUT2D eigenvalue weighted by Gasteiger charge is 2.30. The first-order valence-corrected chi connectivity index (χ1v) is 6.19. The van der Waals surface area contributed by atoms with Gasteiger partial charge in [0.25, 0.3) is 0 Å². The Balaban J connectivity index is 2.33. The molecule has 1 aromatic carbocycles. The summed E-state index contributed by atoms with van der Waals surface area (Å²) in [5.41, 5.74) is 1.96. The number of hydrogen-bond acceptors (Lipinski definition) is 3. The Labute approximate surface area is 106 Å². The summed E-state index contributed by atoms with van der Waals surface area (Å²) in [6.45, 7) is 4.45. The Hall–Kier alpha value is -1.84. The fraction of sp³-hybridized carbons (Fsp3) is 0.429. The summed E-state index contributed by atoms with van der Waals surface area (Å²) in [6.07, 6.45) is 0.935. The minimum absolute atomic E-state index is 0.193. The van der Waals surface area contributed by atoms with E-state index in [1.807, 2.05) is 32.0 Å². The molecule has 1 aliphatic rings. The first-order valence-electron chi connectivity index (χ1n) is 6.19. The van der Waals surface area contributed by atoms with Crippen molar-refractivity contribution in [1.29, 1.82) is 0 Å². The highest BCUT2D eigenvalue weighted by Crippen LogP contribution is 2.32. The summed E-state index contributed by atoms with van der Waals surface area (Å²) in [5.74, 6) is 0.0291. The Bertz CT molecular complexity index is 482.